The van der Waals surface area contributed by atoms with Gasteiger partial charge in [-0.25, -0.2) is 5.43 Å². The number of phenols is 1. The Bertz CT molecular complexity index is 992. The van der Waals surface area contributed by atoms with Crippen molar-refractivity contribution in [3.05, 3.63) is 59.4 Å². The van der Waals surface area contributed by atoms with Gasteiger partial charge in [-0.2, -0.15) is 5.10 Å². The lowest BCUT2D eigenvalue weighted by molar-refractivity contribution is -0.123. The molecule has 0 saturated carbocycles. The number of phenolic OH excluding ortho intramolecular Hbond substituents is 1. The molecule has 6 nitrogen and oxygen atoms in total. The molecule has 0 radical (unpaired) electrons. The van der Waals surface area contributed by atoms with Gasteiger partial charge in [0.2, 0.25) is 0 Å². The van der Waals surface area contributed by atoms with E-state index in [0.717, 1.165) is 48.0 Å². The van der Waals surface area contributed by atoms with Crippen molar-refractivity contribution >= 4 is 23.1 Å². The SMILES string of the molecule is O=C(COc1ccccc1)N/N=C\c1c(O)ccc2oc3c(c12)CCCC3. The predicted molar refractivity (Wildman–Crippen MR) is 102 cm³/mol. The van der Waals surface area contributed by atoms with Crippen LogP contribution in [0.3, 0.4) is 0 Å². The zero-order valence-corrected chi connectivity index (χ0v) is 14.8. The first kappa shape index (κ1) is 17.1. The van der Waals surface area contributed by atoms with E-state index in [-0.39, 0.29) is 18.3 Å². The Labute approximate surface area is 156 Å². The fourth-order valence-electron chi connectivity index (χ4n) is 3.37. The molecule has 2 N–H and O–H groups in total. The number of nitrogens with one attached hydrogen (secondary N) is 1. The van der Waals surface area contributed by atoms with Gasteiger partial charge in [-0.15, -0.1) is 0 Å². The number of carbonyl (C=O) groups excluding carboxylic acids is 1. The number of benzene rings is 2. The average Bonchev–Trinajstić information content (AvgIpc) is 3.08. The van der Waals surface area contributed by atoms with Gasteiger partial charge in [-0.05, 0) is 43.5 Å². The van der Waals surface area contributed by atoms with E-state index in [1.54, 1.807) is 24.3 Å². The van der Waals surface area contributed by atoms with Crippen molar-refractivity contribution in [2.45, 2.75) is 25.7 Å². The highest BCUT2D eigenvalue weighted by Gasteiger charge is 2.21. The standard InChI is InChI=1S/C21H20N2O4/c24-17-10-11-19-21(15-8-4-5-9-18(15)27-19)16(17)12-22-23-20(25)13-26-14-6-2-1-3-7-14/h1-3,6-7,10-12,24H,4-5,8-9,13H2,(H,23,25)/b22-12-. The summed E-state index contributed by atoms with van der Waals surface area (Å²) < 4.78 is 11.3. The first-order valence-electron chi connectivity index (χ1n) is 8.98. The highest BCUT2D eigenvalue weighted by molar-refractivity contribution is 6.03. The van der Waals surface area contributed by atoms with Gasteiger partial charge in [-0.3, -0.25) is 4.79 Å². The lowest BCUT2D eigenvalue weighted by Crippen LogP contribution is -2.24. The van der Waals surface area contributed by atoms with Crippen LogP contribution >= 0.6 is 0 Å². The zero-order valence-electron chi connectivity index (χ0n) is 14.8. The Morgan fingerprint density at radius 3 is 2.85 bits per heavy atom. The number of ether oxygens (including phenoxy) is 1. The summed E-state index contributed by atoms with van der Waals surface area (Å²) >= 11 is 0. The average molecular weight is 364 g/mol. The van der Waals surface area contributed by atoms with Gasteiger partial charge in [0.15, 0.2) is 6.61 Å². The van der Waals surface area contributed by atoms with E-state index in [0.29, 0.717) is 11.3 Å². The quantitative estimate of drug-likeness (QED) is 0.536. The van der Waals surface area contributed by atoms with Gasteiger partial charge in [0, 0.05) is 22.9 Å². The van der Waals surface area contributed by atoms with Gasteiger partial charge in [0.05, 0.1) is 6.21 Å². The molecule has 0 saturated heterocycles. The zero-order chi connectivity index (χ0) is 18.6. The van der Waals surface area contributed by atoms with Crippen molar-refractivity contribution in [1.29, 1.82) is 0 Å². The van der Waals surface area contributed by atoms with E-state index in [1.807, 2.05) is 18.2 Å². The van der Waals surface area contributed by atoms with Gasteiger partial charge in [0.25, 0.3) is 5.91 Å². The maximum absolute atomic E-state index is 11.9. The van der Waals surface area contributed by atoms with Gasteiger partial charge in [0.1, 0.15) is 22.8 Å². The largest absolute Gasteiger partial charge is 0.507 e. The van der Waals surface area contributed by atoms with E-state index in [9.17, 15) is 9.90 Å². The van der Waals surface area contributed by atoms with Crippen molar-refractivity contribution in [2.75, 3.05) is 6.61 Å². The van der Waals surface area contributed by atoms with E-state index in [4.69, 9.17) is 9.15 Å². The van der Waals surface area contributed by atoms with E-state index in [1.165, 1.54) is 6.21 Å². The molecule has 3 aromatic rings. The summed E-state index contributed by atoms with van der Waals surface area (Å²) in [5.74, 6) is 1.33. The topological polar surface area (TPSA) is 84.1 Å². The number of hydrogen-bond donors (Lipinski definition) is 2. The van der Waals surface area contributed by atoms with Crippen molar-refractivity contribution in [2.24, 2.45) is 5.10 Å². The second kappa shape index (κ2) is 7.53. The number of fused-ring (bicyclic) bond motifs is 3. The normalized spacial score (nSPS) is 13.6. The fraction of sp³-hybridized carbons (Fsp3) is 0.238. The van der Waals surface area contributed by atoms with E-state index in [2.05, 4.69) is 10.5 Å². The Morgan fingerprint density at radius 1 is 1.19 bits per heavy atom. The van der Waals surface area contributed by atoms with Crippen LogP contribution in [0.15, 0.2) is 52.0 Å². The molecule has 1 aliphatic carbocycles. The molecule has 0 atom stereocenters. The number of hydrogen-bond acceptors (Lipinski definition) is 5. The molecule has 2 aromatic carbocycles. The van der Waals surface area contributed by atoms with Crippen molar-refractivity contribution in [3.63, 3.8) is 0 Å². The summed E-state index contributed by atoms with van der Waals surface area (Å²) in [6.07, 6.45) is 5.50. The monoisotopic (exact) mass is 364 g/mol. The Kier molecular flexibility index (Phi) is 4.78. The molecular weight excluding hydrogens is 344 g/mol. The molecule has 0 aliphatic heterocycles. The maximum atomic E-state index is 11.9. The minimum atomic E-state index is -0.379. The number of nitrogens with zero attached hydrogens (tertiary/aromatic N) is 1. The first-order chi connectivity index (χ1) is 13.2. The summed E-state index contributed by atoms with van der Waals surface area (Å²) in [6, 6.07) is 12.4. The molecule has 1 heterocycles. The van der Waals surface area contributed by atoms with Crippen LogP contribution in [0.5, 0.6) is 11.5 Å². The number of amides is 1. The number of aryl methyl sites for hydroxylation is 2. The van der Waals surface area contributed by atoms with Crippen LogP contribution < -0.4 is 10.2 Å². The van der Waals surface area contributed by atoms with Gasteiger partial charge in [-0.1, -0.05) is 18.2 Å². The molecule has 1 aromatic heterocycles. The highest BCUT2D eigenvalue weighted by atomic mass is 16.5. The van der Waals surface area contributed by atoms with Crippen LogP contribution in [0.1, 0.15) is 29.7 Å². The molecule has 0 spiro atoms. The summed E-state index contributed by atoms with van der Waals surface area (Å²) in [5, 5.41) is 15.1. The number of hydrazone groups is 1. The van der Waals surface area contributed by atoms with Crippen LogP contribution in [-0.4, -0.2) is 23.8 Å². The molecule has 27 heavy (non-hydrogen) atoms. The number of carbonyl (C=O) groups is 1. The smallest absolute Gasteiger partial charge is 0.277 e. The minimum absolute atomic E-state index is 0.107. The number of furan rings is 1. The van der Waals surface area contributed by atoms with Crippen molar-refractivity contribution in [1.82, 2.24) is 5.43 Å². The first-order valence-corrected chi connectivity index (χ1v) is 8.98. The molecular formula is C21H20N2O4. The molecule has 1 amide bonds. The summed E-state index contributed by atoms with van der Waals surface area (Å²) in [4.78, 5) is 11.9. The van der Waals surface area contributed by atoms with E-state index < -0.39 is 0 Å². The number of para-hydroxylation sites is 1. The second-order valence-corrected chi connectivity index (χ2v) is 6.48. The third kappa shape index (κ3) is 3.65. The minimum Gasteiger partial charge on any atom is -0.507 e. The van der Waals surface area contributed by atoms with Gasteiger partial charge >= 0.3 is 0 Å². The number of aromatic hydroxyl groups is 1. The van der Waals surface area contributed by atoms with Crippen LogP contribution in [0.25, 0.3) is 11.0 Å². The van der Waals surface area contributed by atoms with Crippen LogP contribution in [-0.2, 0) is 17.6 Å². The molecule has 4 rings (SSSR count). The molecule has 1 aliphatic rings. The second-order valence-electron chi connectivity index (χ2n) is 6.48. The Balaban J connectivity index is 1.48. The van der Waals surface area contributed by atoms with E-state index >= 15 is 0 Å². The fourth-order valence-corrected chi connectivity index (χ4v) is 3.37. The summed E-state index contributed by atoms with van der Waals surface area (Å²) in [7, 11) is 0. The lowest BCUT2D eigenvalue weighted by Gasteiger charge is -2.09. The Morgan fingerprint density at radius 2 is 2.00 bits per heavy atom. The third-order valence-corrected chi connectivity index (χ3v) is 4.63. The van der Waals surface area contributed by atoms with Crippen molar-refractivity contribution in [3.8, 4) is 11.5 Å². The van der Waals surface area contributed by atoms with Crippen LogP contribution in [0, 0.1) is 0 Å². The molecule has 138 valence electrons. The summed E-state index contributed by atoms with van der Waals surface area (Å²) in [5.41, 5.74) is 4.86. The Hall–Kier alpha value is -3.28. The molecule has 0 unspecified atom stereocenters. The third-order valence-electron chi connectivity index (χ3n) is 4.63. The number of rotatable bonds is 5. The summed E-state index contributed by atoms with van der Waals surface area (Å²) in [6.45, 7) is -0.140. The molecule has 0 bridgehead atoms. The predicted octanol–water partition coefficient (Wildman–Crippen LogP) is 3.55. The molecule has 0 fully saturated rings. The lowest BCUT2D eigenvalue weighted by atomic mass is 9.94. The molecule has 6 heteroatoms. The van der Waals surface area contributed by atoms with Crippen LogP contribution in [0.4, 0.5) is 0 Å². The van der Waals surface area contributed by atoms with Crippen molar-refractivity contribution < 1.29 is 19.1 Å². The van der Waals surface area contributed by atoms with Crippen LogP contribution in [0.2, 0.25) is 0 Å². The van der Waals surface area contributed by atoms with Gasteiger partial charge < -0.3 is 14.3 Å². The maximum Gasteiger partial charge on any atom is 0.277 e. The highest BCUT2D eigenvalue weighted by Crippen LogP contribution is 2.36.